The maximum absolute atomic E-state index is 12.5. The molecule has 1 aliphatic heterocycles. The third-order valence-electron chi connectivity index (χ3n) is 4.77. The molecule has 0 radical (unpaired) electrons. The first-order valence-electron chi connectivity index (χ1n) is 8.90. The number of amides is 2. The van der Waals surface area contributed by atoms with Crippen LogP contribution >= 0.6 is 0 Å². The Morgan fingerprint density at radius 3 is 2.52 bits per heavy atom. The van der Waals surface area contributed by atoms with Gasteiger partial charge in [0.25, 0.3) is 0 Å². The van der Waals surface area contributed by atoms with Gasteiger partial charge in [0.05, 0.1) is 6.54 Å². The highest BCUT2D eigenvalue weighted by Crippen LogP contribution is 2.36. The van der Waals surface area contributed by atoms with E-state index < -0.39 is 11.9 Å². The van der Waals surface area contributed by atoms with Crippen LogP contribution in [0, 0.1) is 6.92 Å². The number of fused-ring (bicyclic) bond motifs is 1. The van der Waals surface area contributed by atoms with Crippen molar-refractivity contribution in [3.05, 3.63) is 65.2 Å². The van der Waals surface area contributed by atoms with Gasteiger partial charge >= 0.3 is 5.97 Å². The Bertz CT molecular complexity index is 861. The second kappa shape index (κ2) is 8.03. The van der Waals surface area contributed by atoms with E-state index in [9.17, 15) is 19.5 Å². The molecule has 2 amide bonds. The molecule has 1 heterocycles. The molecule has 2 aromatic carbocycles. The summed E-state index contributed by atoms with van der Waals surface area (Å²) in [5, 5.41) is 12.0. The number of benzene rings is 2. The lowest BCUT2D eigenvalue weighted by molar-refractivity contribution is -0.138. The van der Waals surface area contributed by atoms with E-state index in [4.69, 9.17) is 0 Å². The predicted molar refractivity (Wildman–Crippen MR) is 102 cm³/mol. The first kappa shape index (κ1) is 18.6. The summed E-state index contributed by atoms with van der Waals surface area (Å²) in [6, 6.07) is 15.0. The molecule has 0 fully saturated rings. The fourth-order valence-electron chi connectivity index (χ4n) is 3.23. The molecule has 1 unspecified atom stereocenters. The molecule has 0 aromatic heterocycles. The highest BCUT2D eigenvalue weighted by atomic mass is 16.4. The van der Waals surface area contributed by atoms with Crippen LogP contribution in [0.25, 0.3) is 0 Å². The van der Waals surface area contributed by atoms with E-state index in [0.29, 0.717) is 24.1 Å². The van der Waals surface area contributed by atoms with Crippen molar-refractivity contribution in [2.24, 2.45) is 0 Å². The molecule has 0 saturated carbocycles. The van der Waals surface area contributed by atoms with Crippen molar-refractivity contribution < 1.29 is 19.5 Å². The van der Waals surface area contributed by atoms with Crippen molar-refractivity contribution >= 4 is 23.5 Å². The summed E-state index contributed by atoms with van der Waals surface area (Å²) < 4.78 is 0. The molecule has 0 spiro atoms. The molecule has 2 N–H and O–H groups in total. The summed E-state index contributed by atoms with van der Waals surface area (Å²) in [5.41, 5.74) is 3.46. The molecule has 3 rings (SSSR count). The van der Waals surface area contributed by atoms with Crippen molar-refractivity contribution in [3.63, 3.8) is 0 Å². The minimum absolute atomic E-state index is 0.0900. The molecular formula is C21H22N2O4. The summed E-state index contributed by atoms with van der Waals surface area (Å²) in [4.78, 5) is 37.4. The maximum atomic E-state index is 12.5. The van der Waals surface area contributed by atoms with Crippen molar-refractivity contribution in [2.75, 3.05) is 18.0 Å². The zero-order valence-corrected chi connectivity index (χ0v) is 15.1. The Balaban J connectivity index is 1.54. The van der Waals surface area contributed by atoms with Gasteiger partial charge in [-0.2, -0.15) is 0 Å². The van der Waals surface area contributed by atoms with Crippen LogP contribution in [0.15, 0.2) is 48.5 Å². The van der Waals surface area contributed by atoms with E-state index in [1.807, 2.05) is 31.2 Å². The molecule has 0 bridgehead atoms. The molecule has 0 aliphatic carbocycles. The van der Waals surface area contributed by atoms with Crippen molar-refractivity contribution in [3.8, 4) is 0 Å². The number of aryl methyl sites for hydroxylation is 2. The van der Waals surface area contributed by atoms with Crippen LogP contribution in [0.2, 0.25) is 0 Å². The highest BCUT2D eigenvalue weighted by molar-refractivity contribution is 6.01. The summed E-state index contributed by atoms with van der Waals surface area (Å²) in [6.07, 6.45) is 0.901. The van der Waals surface area contributed by atoms with Gasteiger partial charge in [-0.3, -0.25) is 14.4 Å². The second-order valence-corrected chi connectivity index (χ2v) is 6.72. The zero-order valence-electron chi connectivity index (χ0n) is 15.1. The van der Waals surface area contributed by atoms with Crippen molar-refractivity contribution in [2.45, 2.75) is 25.7 Å². The van der Waals surface area contributed by atoms with Crippen LogP contribution in [0.3, 0.4) is 0 Å². The van der Waals surface area contributed by atoms with Gasteiger partial charge in [-0.05, 0) is 30.5 Å². The summed E-state index contributed by atoms with van der Waals surface area (Å²) in [6.45, 7) is 1.95. The summed E-state index contributed by atoms with van der Waals surface area (Å²) in [7, 11) is 0. The van der Waals surface area contributed by atoms with Crippen molar-refractivity contribution in [1.29, 1.82) is 0 Å². The average molecular weight is 366 g/mol. The van der Waals surface area contributed by atoms with E-state index in [1.54, 1.807) is 24.3 Å². The van der Waals surface area contributed by atoms with Gasteiger partial charge in [-0.25, -0.2) is 0 Å². The molecule has 1 aliphatic rings. The molecule has 6 heteroatoms. The maximum Gasteiger partial charge on any atom is 0.312 e. The molecule has 6 nitrogen and oxygen atoms in total. The Hall–Kier alpha value is -3.15. The largest absolute Gasteiger partial charge is 0.481 e. The number of nitrogens with one attached hydrogen (secondary N) is 1. The fraction of sp³-hybridized carbons (Fsp3) is 0.286. The number of nitrogens with zero attached hydrogens (tertiary/aromatic N) is 1. The predicted octanol–water partition coefficient (Wildman–Crippen LogP) is 2.26. The standard InChI is InChI=1S/C21H22N2O4/c1-14-6-8-15(9-7-14)10-11-19(24)22-12-20(25)23-13-17(21(26)27)16-4-2-3-5-18(16)23/h2-9,17H,10-13H2,1H3,(H,22,24)(H,26,27). The number of hydrogen-bond donors (Lipinski definition) is 2. The minimum Gasteiger partial charge on any atom is -0.481 e. The summed E-state index contributed by atoms with van der Waals surface area (Å²) in [5.74, 6) is -2.21. The van der Waals surface area contributed by atoms with Crippen LogP contribution in [0.4, 0.5) is 5.69 Å². The van der Waals surface area contributed by atoms with Gasteiger partial charge < -0.3 is 15.3 Å². The Morgan fingerprint density at radius 1 is 1.11 bits per heavy atom. The fourth-order valence-corrected chi connectivity index (χ4v) is 3.23. The molecule has 27 heavy (non-hydrogen) atoms. The molecule has 2 aromatic rings. The highest BCUT2D eigenvalue weighted by Gasteiger charge is 2.36. The average Bonchev–Trinajstić information content (AvgIpc) is 3.06. The topological polar surface area (TPSA) is 86.7 Å². The lowest BCUT2D eigenvalue weighted by Gasteiger charge is -2.17. The van der Waals surface area contributed by atoms with Gasteiger partial charge in [-0.15, -0.1) is 0 Å². The third-order valence-corrected chi connectivity index (χ3v) is 4.77. The number of carboxylic acids is 1. The lowest BCUT2D eigenvalue weighted by atomic mass is 10.0. The van der Waals surface area contributed by atoms with Gasteiger partial charge in [0, 0.05) is 18.7 Å². The molecule has 140 valence electrons. The van der Waals surface area contributed by atoms with Crippen molar-refractivity contribution in [1.82, 2.24) is 5.32 Å². The lowest BCUT2D eigenvalue weighted by Crippen LogP contribution is -2.40. The Morgan fingerprint density at radius 2 is 1.81 bits per heavy atom. The van der Waals surface area contributed by atoms with Gasteiger partial charge in [-0.1, -0.05) is 48.0 Å². The Labute approximate surface area is 157 Å². The van der Waals surface area contributed by atoms with E-state index in [-0.39, 0.29) is 24.9 Å². The number of carbonyl (C=O) groups excluding carboxylic acids is 2. The number of hydrogen-bond acceptors (Lipinski definition) is 3. The monoisotopic (exact) mass is 366 g/mol. The third kappa shape index (κ3) is 4.34. The normalized spacial score (nSPS) is 15.3. The number of aliphatic carboxylic acids is 1. The zero-order chi connectivity index (χ0) is 19.4. The quantitative estimate of drug-likeness (QED) is 0.821. The van der Waals surface area contributed by atoms with Gasteiger partial charge in [0.2, 0.25) is 11.8 Å². The van der Waals surface area contributed by atoms with E-state index in [0.717, 1.165) is 5.56 Å². The number of anilines is 1. The molecule has 0 saturated heterocycles. The van der Waals surface area contributed by atoms with Crippen LogP contribution in [-0.4, -0.2) is 36.0 Å². The first-order valence-corrected chi connectivity index (χ1v) is 8.90. The minimum atomic E-state index is -0.958. The smallest absolute Gasteiger partial charge is 0.312 e. The number of rotatable bonds is 6. The number of para-hydroxylation sites is 1. The number of carbonyl (C=O) groups is 3. The summed E-state index contributed by atoms with van der Waals surface area (Å²) >= 11 is 0. The second-order valence-electron chi connectivity index (χ2n) is 6.72. The van der Waals surface area contributed by atoms with Crippen LogP contribution in [0.5, 0.6) is 0 Å². The molecular weight excluding hydrogens is 344 g/mol. The number of carboxylic acid groups (broad SMARTS) is 1. The van der Waals surface area contributed by atoms with Gasteiger partial charge in [0.1, 0.15) is 5.92 Å². The van der Waals surface area contributed by atoms with Gasteiger partial charge in [0.15, 0.2) is 0 Å². The van der Waals surface area contributed by atoms with E-state index in [2.05, 4.69) is 5.32 Å². The van der Waals surface area contributed by atoms with Crippen LogP contribution in [-0.2, 0) is 20.8 Å². The van der Waals surface area contributed by atoms with E-state index >= 15 is 0 Å². The van der Waals surface area contributed by atoms with E-state index in [1.165, 1.54) is 10.5 Å². The van der Waals surface area contributed by atoms with Crippen LogP contribution in [0.1, 0.15) is 29.0 Å². The Kier molecular flexibility index (Phi) is 5.54. The molecule has 1 atom stereocenters. The SMILES string of the molecule is Cc1ccc(CCC(=O)NCC(=O)N2CC(C(=O)O)c3ccccc32)cc1. The van der Waals surface area contributed by atoms with Crippen LogP contribution < -0.4 is 10.2 Å². The first-order chi connectivity index (χ1) is 13.0.